The first-order valence-electron chi connectivity index (χ1n) is 15.0. The zero-order chi connectivity index (χ0) is 31.7. The van der Waals surface area contributed by atoms with Crippen molar-refractivity contribution < 1.29 is 42.9 Å². The lowest BCUT2D eigenvalue weighted by Gasteiger charge is -2.25. The largest absolute Gasteiger partial charge is 0.508 e. The Morgan fingerprint density at radius 1 is 0.833 bits per heavy atom. The Balaban J connectivity index is 2.08. The smallest absolute Gasteiger partial charge is 0.458 e. The van der Waals surface area contributed by atoms with Gasteiger partial charge in [0.2, 0.25) is 0 Å². The van der Waals surface area contributed by atoms with Crippen molar-refractivity contribution in [3.8, 4) is 11.5 Å². The maximum absolute atomic E-state index is 12.9. The number of benzene rings is 1. The maximum Gasteiger partial charge on any atom is 0.508 e. The van der Waals surface area contributed by atoms with Gasteiger partial charge in [0.05, 0.1) is 10.8 Å². The number of nitrogens with two attached hydrogens (primary N) is 1. The molecule has 0 spiro atoms. The van der Waals surface area contributed by atoms with Crippen molar-refractivity contribution in [2.45, 2.75) is 131 Å². The van der Waals surface area contributed by atoms with Crippen molar-refractivity contribution in [3.63, 3.8) is 0 Å². The van der Waals surface area contributed by atoms with E-state index in [1.165, 1.54) is 12.1 Å². The van der Waals surface area contributed by atoms with Crippen molar-refractivity contribution in [2.75, 3.05) is 0 Å². The van der Waals surface area contributed by atoms with Crippen LogP contribution in [0.5, 0.6) is 11.5 Å². The third kappa shape index (κ3) is 10.3. The number of carbonyl (C=O) groups is 4. The van der Waals surface area contributed by atoms with Gasteiger partial charge >= 0.3 is 24.1 Å². The van der Waals surface area contributed by atoms with Gasteiger partial charge in [-0.15, -0.1) is 0 Å². The van der Waals surface area contributed by atoms with Gasteiger partial charge in [0.1, 0.15) is 24.4 Å². The molecule has 42 heavy (non-hydrogen) atoms. The van der Waals surface area contributed by atoms with E-state index in [1.54, 1.807) is 47.6 Å². The van der Waals surface area contributed by atoms with Crippen molar-refractivity contribution in [3.05, 3.63) is 23.8 Å². The van der Waals surface area contributed by atoms with E-state index in [4.69, 9.17) is 29.4 Å². The van der Waals surface area contributed by atoms with Crippen molar-refractivity contribution in [2.24, 2.45) is 16.6 Å². The summed E-state index contributed by atoms with van der Waals surface area (Å²) in [5.74, 6) is -1.47. The van der Waals surface area contributed by atoms with E-state index in [9.17, 15) is 19.2 Å². The zero-order valence-electron chi connectivity index (χ0n) is 26.4. The number of rotatable bonds is 13. The van der Waals surface area contributed by atoms with Gasteiger partial charge in [0, 0.05) is 0 Å². The normalized spacial score (nSPS) is 16.5. The van der Waals surface area contributed by atoms with Crippen LogP contribution in [0.15, 0.2) is 18.2 Å². The molecule has 0 aliphatic heterocycles. The Bertz CT molecular complexity index is 1090. The summed E-state index contributed by atoms with van der Waals surface area (Å²) in [6, 6.07) is 3.65. The quantitative estimate of drug-likeness (QED) is 0.213. The minimum atomic E-state index is -1.06. The molecule has 2 rings (SSSR count). The Hall–Kier alpha value is -3.14. The monoisotopic (exact) mass is 591 g/mol. The Morgan fingerprint density at radius 3 is 1.90 bits per heavy atom. The van der Waals surface area contributed by atoms with E-state index in [2.05, 4.69) is 0 Å². The number of esters is 3. The molecule has 0 aromatic heterocycles. The van der Waals surface area contributed by atoms with Crippen LogP contribution in [0.1, 0.15) is 106 Å². The fraction of sp³-hybridized carbons (Fsp3) is 0.688. The molecule has 0 heterocycles. The van der Waals surface area contributed by atoms with Gasteiger partial charge in [-0.3, -0.25) is 14.4 Å². The molecule has 236 valence electrons. The van der Waals surface area contributed by atoms with E-state index < -0.39 is 53.1 Å². The van der Waals surface area contributed by atoms with E-state index in [-0.39, 0.29) is 24.0 Å². The first-order valence-corrected chi connectivity index (χ1v) is 15.0. The lowest BCUT2D eigenvalue weighted by atomic mass is 9.90. The summed E-state index contributed by atoms with van der Waals surface area (Å²) >= 11 is 0. The van der Waals surface area contributed by atoms with Crippen LogP contribution in [0.2, 0.25) is 0 Å². The molecule has 2 N–H and O–H groups in total. The molecule has 1 aromatic rings. The number of hydrogen-bond acceptors (Lipinski definition) is 10. The van der Waals surface area contributed by atoms with E-state index >= 15 is 0 Å². The van der Waals surface area contributed by atoms with Crippen LogP contribution in [0, 0.1) is 10.8 Å². The summed E-state index contributed by atoms with van der Waals surface area (Å²) in [5, 5.41) is 0. The number of hydrogen-bond donors (Lipinski definition) is 1. The first kappa shape index (κ1) is 35.1. The van der Waals surface area contributed by atoms with Crippen LogP contribution in [0.25, 0.3) is 0 Å². The highest BCUT2D eigenvalue weighted by Crippen LogP contribution is 2.34. The molecule has 0 bridgehead atoms. The van der Waals surface area contributed by atoms with Crippen LogP contribution in [0.3, 0.4) is 0 Å². The van der Waals surface area contributed by atoms with Crippen molar-refractivity contribution >= 4 is 24.1 Å². The highest BCUT2D eigenvalue weighted by Gasteiger charge is 2.32. The van der Waals surface area contributed by atoms with Gasteiger partial charge in [-0.25, -0.2) is 4.79 Å². The molecule has 0 amide bonds. The highest BCUT2D eigenvalue weighted by molar-refractivity contribution is 5.81. The van der Waals surface area contributed by atoms with Crippen LogP contribution in [-0.4, -0.2) is 48.4 Å². The predicted octanol–water partition coefficient (Wildman–Crippen LogP) is 6.05. The SMILES string of the molecule is CCC(C)(C)C(=O)Oc1ccc(C[C@H](N)C(=O)O[C@@H](C)[C@H](C)OC(=O)OC2CCCCC2)cc1OC(=O)C(C)(C)CC. The Kier molecular flexibility index (Phi) is 12.8. The fourth-order valence-electron chi connectivity index (χ4n) is 3.91. The zero-order valence-corrected chi connectivity index (χ0v) is 26.4. The third-order valence-electron chi connectivity index (χ3n) is 8.11. The first-order chi connectivity index (χ1) is 19.6. The summed E-state index contributed by atoms with van der Waals surface area (Å²) in [5.41, 5.74) is 5.22. The predicted molar refractivity (Wildman–Crippen MR) is 157 cm³/mol. The molecule has 1 aliphatic rings. The Morgan fingerprint density at radius 2 is 1.36 bits per heavy atom. The van der Waals surface area contributed by atoms with Gasteiger partial charge < -0.3 is 29.4 Å². The van der Waals surface area contributed by atoms with Crippen LogP contribution in [0.4, 0.5) is 4.79 Å². The molecule has 10 heteroatoms. The molecule has 1 saturated carbocycles. The third-order valence-corrected chi connectivity index (χ3v) is 8.11. The van der Waals surface area contributed by atoms with E-state index in [0.717, 1.165) is 32.1 Å². The average Bonchev–Trinajstić information content (AvgIpc) is 2.94. The standard InChI is InChI=1S/C32H49NO9/c1-9-31(5,6)28(35)41-25-17-16-22(19-26(25)42-29(36)32(7,8)10-2)18-24(33)27(34)38-20(3)21(4)39-30(37)40-23-14-12-11-13-15-23/h16-17,19-21,23-24H,9-15,18,33H2,1-8H3/t20-,21-,24-/m0/s1. The van der Waals surface area contributed by atoms with Crippen LogP contribution in [-0.2, 0) is 35.0 Å². The van der Waals surface area contributed by atoms with Gasteiger partial charge in [-0.05, 0) is 104 Å². The molecular formula is C32H49NO9. The van der Waals surface area contributed by atoms with Gasteiger partial charge in [-0.2, -0.15) is 0 Å². The van der Waals surface area contributed by atoms with Crippen LogP contribution >= 0.6 is 0 Å². The summed E-state index contributed by atoms with van der Waals surface area (Å²) in [6.45, 7) is 14.0. The maximum atomic E-state index is 12.9. The lowest BCUT2D eigenvalue weighted by Crippen LogP contribution is -2.39. The summed E-state index contributed by atoms with van der Waals surface area (Å²) < 4.78 is 27.5. The Labute approximate surface area is 249 Å². The molecule has 0 radical (unpaired) electrons. The molecular weight excluding hydrogens is 542 g/mol. The second-order valence-electron chi connectivity index (χ2n) is 12.4. The van der Waals surface area contributed by atoms with Crippen molar-refractivity contribution in [1.29, 1.82) is 0 Å². The second-order valence-corrected chi connectivity index (χ2v) is 12.4. The molecule has 1 aromatic carbocycles. The summed E-state index contributed by atoms with van der Waals surface area (Å²) in [6.07, 6.45) is 3.54. The van der Waals surface area contributed by atoms with E-state index in [1.807, 2.05) is 13.8 Å². The molecule has 1 aliphatic carbocycles. The van der Waals surface area contributed by atoms with Gasteiger partial charge in [-0.1, -0.05) is 26.3 Å². The second kappa shape index (κ2) is 15.4. The number of ether oxygens (including phenoxy) is 5. The molecule has 1 fully saturated rings. The molecule has 10 nitrogen and oxygen atoms in total. The highest BCUT2D eigenvalue weighted by atomic mass is 16.7. The minimum absolute atomic E-state index is 0.0565. The van der Waals surface area contributed by atoms with Crippen LogP contribution < -0.4 is 15.2 Å². The van der Waals surface area contributed by atoms with Crippen molar-refractivity contribution in [1.82, 2.24) is 0 Å². The van der Waals surface area contributed by atoms with E-state index in [0.29, 0.717) is 18.4 Å². The fourth-order valence-corrected chi connectivity index (χ4v) is 3.91. The van der Waals surface area contributed by atoms with Gasteiger partial charge in [0.25, 0.3) is 0 Å². The van der Waals surface area contributed by atoms with Gasteiger partial charge in [0.15, 0.2) is 11.5 Å². The summed E-state index contributed by atoms with van der Waals surface area (Å²) in [7, 11) is 0. The lowest BCUT2D eigenvalue weighted by molar-refractivity contribution is -0.156. The molecule has 0 saturated heterocycles. The summed E-state index contributed by atoms with van der Waals surface area (Å²) in [4.78, 5) is 50.6. The average molecular weight is 592 g/mol. The molecule has 0 unspecified atom stereocenters. The minimum Gasteiger partial charge on any atom is -0.458 e. The molecule has 3 atom stereocenters. The number of carbonyl (C=O) groups excluding carboxylic acids is 4. The topological polar surface area (TPSA) is 140 Å².